The van der Waals surface area contributed by atoms with Gasteiger partial charge in [-0.3, -0.25) is 0 Å². The molecular weight excluding hydrogens is 246 g/mol. The molecular formula is C14H23NO4. The molecule has 0 bridgehead atoms. The molecule has 0 fully saturated rings. The van der Waals surface area contributed by atoms with Gasteiger partial charge in [-0.2, -0.15) is 0 Å². The van der Waals surface area contributed by atoms with Crippen molar-refractivity contribution >= 4 is 0 Å². The summed E-state index contributed by atoms with van der Waals surface area (Å²) >= 11 is 0. The molecule has 0 aliphatic rings. The van der Waals surface area contributed by atoms with Gasteiger partial charge in [-0.1, -0.05) is 6.92 Å². The van der Waals surface area contributed by atoms with Crippen molar-refractivity contribution in [2.45, 2.75) is 26.0 Å². The largest absolute Gasteiger partial charge is 0.493 e. The molecule has 1 unspecified atom stereocenters. The van der Waals surface area contributed by atoms with Crippen LogP contribution in [0.3, 0.4) is 0 Å². The number of rotatable bonds is 8. The zero-order chi connectivity index (χ0) is 14.3. The molecule has 1 atom stereocenters. The lowest BCUT2D eigenvalue weighted by molar-refractivity contribution is 0.106. The minimum Gasteiger partial charge on any atom is -0.493 e. The Kier molecular flexibility index (Phi) is 6.45. The van der Waals surface area contributed by atoms with Crippen molar-refractivity contribution < 1.29 is 18.9 Å². The second kappa shape index (κ2) is 7.86. The lowest BCUT2D eigenvalue weighted by Crippen LogP contribution is -2.24. The molecule has 5 heteroatoms. The molecule has 108 valence electrons. The fourth-order valence-corrected chi connectivity index (χ4v) is 1.66. The second-order valence-corrected chi connectivity index (χ2v) is 4.22. The standard InChI is InChI=1S/C14H23NO4/c1-5-11(15)9-19-8-10-6-12(16-2)14(18-4)13(7-10)17-3/h6-7,11H,5,8-9,15H2,1-4H3. The summed E-state index contributed by atoms with van der Waals surface area (Å²) in [6.45, 7) is 3.03. The Bertz CT molecular complexity index is 370. The van der Waals surface area contributed by atoms with E-state index in [1.165, 1.54) is 0 Å². The van der Waals surface area contributed by atoms with E-state index < -0.39 is 0 Å². The maximum absolute atomic E-state index is 5.80. The van der Waals surface area contributed by atoms with Crippen LogP contribution in [0.4, 0.5) is 0 Å². The first-order chi connectivity index (χ1) is 9.15. The van der Waals surface area contributed by atoms with Crippen LogP contribution in [0, 0.1) is 0 Å². The highest BCUT2D eigenvalue weighted by Crippen LogP contribution is 2.38. The number of ether oxygens (including phenoxy) is 4. The number of methoxy groups -OCH3 is 3. The first kappa shape index (κ1) is 15.6. The Hall–Kier alpha value is -1.46. The predicted octanol–water partition coefficient (Wildman–Crippen LogP) is 1.97. The normalized spacial score (nSPS) is 12.1. The number of hydrogen-bond donors (Lipinski definition) is 1. The summed E-state index contributed by atoms with van der Waals surface area (Å²) < 4.78 is 21.4. The Labute approximate surface area is 114 Å². The zero-order valence-corrected chi connectivity index (χ0v) is 12.1. The first-order valence-electron chi connectivity index (χ1n) is 6.28. The molecule has 19 heavy (non-hydrogen) atoms. The second-order valence-electron chi connectivity index (χ2n) is 4.22. The van der Waals surface area contributed by atoms with Crippen molar-refractivity contribution in [2.24, 2.45) is 5.73 Å². The Morgan fingerprint density at radius 1 is 1.05 bits per heavy atom. The van der Waals surface area contributed by atoms with E-state index in [1.807, 2.05) is 19.1 Å². The van der Waals surface area contributed by atoms with Crippen LogP contribution in [0.1, 0.15) is 18.9 Å². The van der Waals surface area contributed by atoms with Gasteiger partial charge in [0.25, 0.3) is 0 Å². The summed E-state index contributed by atoms with van der Waals surface area (Å²) in [6.07, 6.45) is 0.898. The summed E-state index contributed by atoms with van der Waals surface area (Å²) in [5.74, 6) is 1.83. The third-order valence-electron chi connectivity index (χ3n) is 2.85. The zero-order valence-electron chi connectivity index (χ0n) is 12.1. The molecule has 0 amide bonds. The van der Waals surface area contributed by atoms with Crippen molar-refractivity contribution in [3.8, 4) is 17.2 Å². The fraction of sp³-hybridized carbons (Fsp3) is 0.571. The molecule has 1 rings (SSSR count). The van der Waals surface area contributed by atoms with E-state index in [9.17, 15) is 0 Å². The average molecular weight is 269 g/mol. The molecule has 0 aliphatic carbocycles. The van der Waals surface area contributed by atoms with Gasteiger partial charge in [0.1, 0.15) is 0 Å². The minimum atomic E-state index is 0.0713. The van der Waals surface area contributed by atoms with Crippen LogP contribution in [0.2, 0.25) is 0 Å². The summed E-state index contributed by atoms with van der Waals surface area (Å²) in [7, 11) is 4.76. The molecule has 0 saturated carbocycles. The van der Waals surface area contributed by atoms with Crippen molar-refractivity contribution in [3.63, 3.8) is 0 Å². The van der Waals surface area contributed by atoms with Gasteiger partial charge >= 0.3 is 0 Å². The number of hydrogen-bond acceptors (Lipinski definition) is 5. The first-order valence-corrected chi connectivity index (χ1v) is 6.28. The predicted molar refractivity (Wildman–Crippen MR) is 74.0 cm³/mol. The van der Waals surface area contributed by atoms with Crippen LogP contribution < -0.4 is 19.9 Å². The Morgan fingerprint density at radius 2 is 1.63 bits per heavy atom. The molecule has 5 nitrogen and oxygen atoms in total. The third kappa shape index (κ3) is 4.29. The van der Waals surface area contributed by atoms with Gasteiger partial charge in [0.15, 0.2) is 11.5 Å². The van der Waals surface area contributed by atoms with E-state index >= 15 is 0 Å². The highest BCUT2D eigenvalue weighted by Gasteiger charge is 2.13. The maximum atomic E-state index is 5.80. The van der Waals surface area contributed by atoms with E-state index in [2.05, 4.69) is 0 Å². The molecule has 0 aromatic heterocycles. The van der Waals surface area contributed by atoms with Gasteiger partial charge in [0.05, 0.1) is 34.5 Å². The highest BCUT2D eigenvalue weighted by atomic mass is 16.5. The van der Waals surface area contributed by atoms with E-state index in [-0.39, 0.29) is 6.04 Å². The van der Waals surface area contributed by atoms with Gasteiger partial charge in [0.2, 0.25) is 5.75 Å². The molecule has 0 radical (unpaired) electrons. The summed E-state index contributed by atoms with van der Waals surface area (Å²) in [6, 6.07) is 3.82. The van der Waals surface area contributed by atoms with Gasteiger partial charge in [-0.05, 0) is 24.1 Å². The van der Waals surface area contributed by atoms with Crippen LogP contribution in [0.15, 0.2) is 12.1 Å². The van der Waals surface area contributed by atoms with Crippen LogP contribution in [0.5, 0.6) is 17.2 Å². The fourth-order valence-electron chi connectivity index (χ4n) is 1.66. The molecule has 0 saturated heterocycles. The van der Waals surface area contributed by atoms with Gasteiger partial charge in [0, 0.05) is 6.04 Å². The Balaban J connectivity index is 2.79. The van der Waals surface area contributed by atoms with Crippen LogP contribution in [-0.4, -0.2) is 34.0 Å². The summed E-state index contributed by atoms with van der Waals surface area (Å²) in [5.41, 5.74) is 6.76. The van der Waals surface area contributed by atoms with Crippen LogP contribution in [-0.2, 0) is 11.3 Å². The molecule has 0 aliphatic heterocycles. The van der Waals surface area contributed by atoms with Gasteiger partial charge in [-0.25, -0.2) is 0 Å². The van der Waals surface area contributed by atoms with Gasteiger partial charge in [-0.15, -0.1) is 0 Å². The van der Waals surface area contributed by atoms with Crippen molar-refractivity contribution in [2.75, 3.05) is 27.9 Å². The molecule has 1 aromatic carbocycles. The number of benzene rings is 1. The van der Waals surface area contributed by atoms with Gasteiger partial charge < -0.3 is 24.7 Å². The minimum absolute atomic E-state index is 0.0713. The highest BCUT2D eigenvalue weighted by molar-refractivity contribution is 5.53. The molecule has 1 aromatic rings. The van der Waals surface area contributed by atoms with E-state index in [4.69, 9.17) is 24.7 Å². The third-order valence-corrected chi connectivity index (χ3v) is 2.85. The maximum Gasteiger partial charge on any atom is 0.203 e. The quantitative estimate of drug-likeness (QED) is 0.781. The molecule has 0 spiro atoms. The SMILES string of the molecule is CCC(N)COCc1cc(OC)c(OC)c(OC)c1. The topological polar surface area (TPSA) is 62.9 Å². The summed E-state index contributed by atoms with van der Waals surface area (Å²) in [4.78, 5) is 0. The van der Waals surface area contributed by atoms with Crippen molar-refractivity contribution in [3.05, 3.63) is 17.7 Å². The van der Waals surface area contributed by atoms with Crippen LogP contribution in [0.25, 0.3) is 0 Å². The van der Waals surface area contributed by atoms with Crippen molar-refractivity contribution in [1.82, 2.24) is 0 Å². The lowest BCUT2D eigenvalue weighted by atomic mass is 10.2. The summed E-state index contributed by atoms with van der Waals surface area (Å²) in [5, 5.41) is 0. The van der Waals surface area contributed by atoms with E-state index in [0.717, 1.165) is 12.0 Å². The van der Waals surface area contributed by atoms with Crippen molar-refractivity contribution in [1.29, 1.82) is 0 Å². The molecule has 2 N–H and O–H groups in total. The monoisotopic (exact) mass is 269 g/mol. The number of nitrogens with two attached hydrogens (primary N) is 1. The average Bonchev–Trinajstić information content (AvgIpc) is 2.45. The van der Waals surface area contributed by atoms with E-state index in [0.29, 0.717) is 30.5 Å². The smallest absolute Gasteiger partial charge is 0.203 e. The van der Waals surface area contributed by atoms with E-state index in [1.54, 1.807) is 21.3 Å². The Morgan fingerprint density at radius 3 is 2.05 bits per heavy atom. The molecule has 0 heterocycles. The van der Waals surface area contributed by atoms with Crippen LogP contribution >= 0.6 is 0 Å². The lowest BCUT2D eigenvalue weighted by Gasteiger charge is -2.15.